The molecule has 0 saturated heterocycles. The number of nitrogens with one attached hydrogen (secondary N) is 1. The summed E-state index contributed by atoms with van der Waals surface area (Å²) in [7, 11) is 0. The van der Waals surface area contributed by atoms with Crippen molar-refractivity contribution in [2.75, 3.05) is 5.32 Å². The van der Waals surface area contributed by atoms with Gasteiger partial charge in [-0.2, -0.15) is 0 Å². The van der Waals surface area contributed by atoms with Crippen LogP contribution in [0.3, 0.4) is 0 Å². The van der Waals surface area contributed by atoms with Crippen molar-refractivity contribution in [1.82, 2.24) is 19.7 Å². The lowest BCUT2D eigenvalue weighted by Gasteiger charge is -2.14. The molecule has 2 aromatic heterocycles. The highest BCUT2D eigenvalue weighted by Gasteiger charge is 2.16. The third-order valence-electron chi connectivity index (χ3n) is 4.18. The molecule has 1 aromatic carbocycles. The zero-order valence-electron chi connectivity index (χ0n) is 13.1. The van der Waals surface area contributed by atoms with Gasteiger partial charge in [-0.25, -0.2) is 0 Å². The molecular formula is C18H17N5O. The largest absolute Gasteiger partial charge is 0.322 e. The summed E-state index contributed by atoms with van der Waals surface area (Å²) in [4.78, 5) is 16.1. The molecule has 0 unspecified atom stereocenters. The van der Waals surface area contributed by atoms with Gasteiger partial charge in [-0.15, -0.1) is 10.2 Å². The Hall–Kier alpha value is -3.02. The number of anilines is 1. The normalized spacial score (nSPS) is 13.3. The Bertz CT molecular complexity index is 855. The van der Waals surface area contributed by atoms with Crippen molar-refractivity contribution < 1.29 is 4.79 Å². The average molecular weight is 319 g/mol. The summed E-state index contributed by atoms with van der Waals surface area (Å²) in [5.74, 6) is 1.79. The lowest BCUT2D eigenvalue weighted by molar-refractivity contribution is 0.102. The molecule has 3 heterocycles. The van der Waals surface area contributed by atoms with Crippen molar-refractivity contribution in [3.8, 4) is 11.4 Å². The maximum Gasteiger partial charge on any atom is 0.257 e. The highest BCUT2D eigenvalue weighted by atomic mass is 16.1. The van der Waals surface area contributed by atoms with Crippen LogP contribution in [0.5, 0.6) is 0 Å². The second kappa shape index (κ2) is 6.23. The van der Waals surface area contributed by atoms with Crippen molar-refractivity contribution in [3.05, 3.63) is 60.2 Å². The van der Waals surface area contributed by atoms with Crippen LogP contribution in [0.2, 0.25) is 0 Å². The fraction of sp³-hybridized carbons (Fsp3) is 0.222. The first-order valence-electron chi connectivity index (χ1n) is 8.05. The molecule has 0 radical (unpaired) electrons. The number of pyridine rings is 1. The fourth-order valence-electron chi connectivity index (χ4n) is 2.92. The van der Waals surface area contributed by atoms with Crippen molar-refractivity contribution >= 4 is 11.6 Å². The van der Waals surface area contributed by atoms with Gasteiger partial charge in [0.05, 0.1) is 5.56 Å². The van der Waals surface area contributed by atoms with Crippen molar-refractivity contribution in [1.29, 1.82) is 0 Å². The molecule has 6 nitrogen and oxygen atoms in total. The number of fused-ring (bicyclic) bond motifs is 1. The van der Waals surface area contributed by atoms with Crippen LogP contribution < -0.4 is 5.32 Å². The van der Waals surface area contributed by atoms with Gasteiger partial charge in [-0.1, -0.05) is 0 Å². The minimum Gasteiger partial charge on any atom is -0.322 e. The number of hydrogen-bond acceptors (Lipinski definition) is 4. The number of nitrogens with zero attached hydrogens (tertiary/aromatic N) is 4. The molecule has 0 fully saturated rings. The number of hydrogen-bond donors (Lipinski definition) is 1. The Kier molecular flexibility index (Phi) is 3.78. The minimum atomic E-state index is -0.171. The van der Waals surface area contributed by atoms with Crippen LogP contribution in [-0.4, -0.2) is 25.7 Å². The number of benzene rings is 1. The van der Waals surface area contributed by atoms with Gasteiger partial charge in [0.25, 0.3) is 5.91 Å². The first-order chi connectivity index (χ1) is 11.8. The lowest BCUT2D eigenvalue weighted by Crippen LogP contribution is -2.12. The SMILES string of the molecule is O=C(Nc1ccc(-c2nnc3n2CCCC3)cc1)c1cccnc1. The third kappa shape index (κ3) is 2.78. The number of amides is 1. The molecule has 24 heavy (non-hydrogen) atoms. The van der Waals surface area contributed by atoms with Crippen LogP contribution in [0.1, 0.15) is 29.0 Å². The Balaban J connectivity index is 1.53. The second-order valence-corrected chi connectivity index (χ2v) is 5.82. The molecular weight excluding hydrogens is 302 g/mol. The number of aromatic nitrogens is 4. The topological polar surface area (TPSA) is 72.7 Å². The first-order valence-corrected chi connectivity index (χ1v) is 8.05. The molecule has 0 atom stereocenters. The molecule has 0 aliphatic carbocycles. The smallest absolute Gasteiger partial charge is 0.257 e. The average Bonchev–Trinajstić information content (AvgIpc) is 3.07. The predicted octanol–water partition coefficient (Wildman–Crippen LogP) is 2.93. The van der Waals surface area contributed by atoms with Gasteiger partial charge < -0.3 is 9.88 Å². The van der Waals surface area contributed by atoms with E-state index in [1.165, 1.54) is 6.42 Å². The van der Waals surface area contributed by atoms with Gasteiger partial charge in [0.2, 0.25) is 0 Å². The van der Waals surface area contributed by atoms with Crippen LogP contribution in [0.4, 0.5) is 5.69 Å². The summed E-state index contributed by atoms with van der Waals surface area (Å²) >= 11 is 0. The number of carbonyl (C=O) groups is 1. The van der Waals surface area contributed by atoms with E-state index < -0.39 is 0 Å². The molecule has 4 rings (SSSR count). The van der Waals surface area contributed by atoms with E-state index in [-0.39, 0.29) is 5.91 Å². The first kappa shape index (κ1) is 14.6. The van der Waals surface area contributed by atoms with Crippen molar-refractivity contribution in [3.63, 3.8) is 0 Å². The Morgan fingerprint density at radius 3 is 2.75 bits per heavy atom. The van der Waals surface area contributed by atoms with E-state index in [4.69, 9.17) is 0 Å². The molecule has 0 saturated carbocycles. The number of carbonyl (C=O) groups excluding carboxylic acids is 1. The standard InChI is InChI=1S/C18H17N5O/c24-18(14-4-3-10-19-12-14)20-15-8-6-13(7-9-15)17-22-21-16-5-1-2-11-23(16)17/h3-4,6-10,12H,1-2,5,11H2,(H,20,24). The fourth-order valence-corrected chi connectivity index (χ4v) is 2.92. The van der Waals surface area contributed by atoms with Crippen molar-refractivity contribution in [2.24, 2.45) is 0 Å². The number of aryl methyl sites for hydroxylation is 1. The maximum absolute atomic E-state index is 12.1. The van der Waals surface area contributed by atoms with E-state index in [1.807, 2.05) is 24.3 Å². The van der Waals surface area contributed by atoms with E-state index in [0.29, 0.717) is 5.56 Å². The molecule has 6 heteroatoms. The van der Waals surface area contributed by atoms with Gasteiger partial charge in [0, 0.05) is 36.6 Å². The summed E-state index contributed by atoms with van der Waals surface area (Å²) in [5, 5.41) is 11.5. The minimum absolute atomic E-state index is 0.171. The summed E-state index contributed by atoms with van der Waals surface area (Å²) in [5.41, 5.74) is 2.29. The van der Waals surface area contributed by atoms with Crippen LogP contribution in [0, 0.1) is 0 Å². The van der Waals surface area contributed by atoms with E-state index in [9.17, 15) is 4.79 Å². The zero-order valence-corrected chi connectivity index (χ0v) is 13.1. The van der Waals surface area contributed by atoms with Crippen LogP contribution in [-0.2, 0) is 13.0 Å². The van der Waals surface area contributed by atoms with Gasteiger partial charge in [0.1, 0.15) is 5.82 Å². The molecule has 1 N–H and O–H groups in total. The molecule has 1 aliphatic rings. The van der Waals surface area contributed by atoms with E-state index in [0.717, 1.165) is 42.3 Å². The van der Waals surface area contributed by atoms with Crippen molar-refractivity contribution in [2.45, 2.75) is 25.8 Å². The maximum atomic E-state index is 12.1. The van der Waals surface area contributed by atoms with Gasteiger partial charge in [-0.3, -0.25) is 9.78 Å². The quantitative estimate of drug-likeness (QED) is 0.805. The molecule has 1 aliphatic heterocycles. The Labute approximate surface area is 139 Å². The van der Waals surface area contributed by atoms with Gasteiger partial charge in [0.15, 0.2) is 5.82 Å². The number of rotatable bonds is 3. The second-order valence-electron chi connectivity index (χ2n) is 5.82. The summed E-state index contributed by atoms with van der Waals surface area (Å²) in [6.07, 6.45) is 6.53. The van der Waals surface area contributed by atoms with E-state index in [1.54, 1.807) is 24.5 Å². The summed E-state index contributed by atoms with van der Waals surface area (Å²) < 4.78 is 2.19. The van der Waals surface area contributed by atoms with Crippen LogP contribution >= 0.6 is 0 Å². The van der Waals surface area contributed by atoms with Gasteiger partial charge >= 0.3 is 0 Å². The Morgan fingerprint density at radius 1 is 1.08 bits per heavy atom. The molecule has 0 spiro atoms. The highest BCUT2D eigenvalue weighted by Crippen LogP contribution is 2.24. The summed E-state index contributed by atoms with van der Waals surface area (Å²) in [6, 6.07) is 11.2. The van der Waals surface area contributed by atoms with Gasteiger partial charge in [-0.05, 0) is 49.2 Å². The van der Waals surface area contributed by atoms with Crippen LogP contribution in [0.25, 0.3) is 11.4 Å². The third-order valence-corrected chi connectivity index (χ3v) is 4.18. The van der Waals surface area contributed by atoms with E-state index in [2.05, 4.69) is 25.1 Å². The van der Waals surface area contributed by atoms with Crippen LogP contribution in [0.15, 0.2) is 48.8 Å². The highest BCUT2D eigenvalue weighted by molar-refractivity contribution is 6.04. The monoisotopic (exact) mass is 319 g/mol. The zero-order chi connectivity index (χ0) is 16.4. The molecule has 1 amide bonds. The van der Waals surface area contributed by atoms with E-state index >= 15 is 0 Å². The molecule has 120 valence electrons. The molecule has 0 bridgehead atoms. The molecule has 3 aromatic rings. The summed E-state index contributed by atoms with van der Waals surface area (Å²) in [6.45, 7) is 0.969. The lowest BCUT2D eigenvalue weighted by atomic mass is 10.1. The Morgan fingerprint density at radius 2 is 1.96 bits per heavy atom. The predicted molar refractivity (Wildman–Crippen MR) is 90.6 cm³/mol.